The summed E-state index contributed by atoms with van der Waals surface area (Å²) in [7, 11) is 0. The van der Waals surface area contributed by atoms with Crippen molar-refractivity contribution < 1.29 is 9.53 Å². The summed E-state index contributed by atoms with van der Waals surface area (Å²) in [4.78, 5) is 11.2. The number of carbonyl (C=O) groups excluding carboxylic acids is 1. The number of esters is 1. The molecule has 0 fully saturated rings. The molecule has 0 heterocycles. The topological polar surface area (TPSA) is 26.3 Å². The molecule has 74 valence electrons. The van der Waals surface area contributed by atoms with Gasteiger partial charge in [0.15, 0.2) is 0 Å². The Balaban J connectivity index is 2.29. The Bertz CT molecular complexity index is 185. The highest BCUT2D eigenvalue weighted by atomic mass is 16.5. The second-order valence-corrected chi connectivity index (χ2v) is 3.48. The van der Waals surface area contributed by atoms with Gasteiger partial charge < -0.3 is 4.74 Å². The maximum absolute atomic E-state index is 11.2. The van der Waals surface area contributed by atoms with Crippen LogP contribution < -0.4 is 0 Å². The third kappa shape index (κ3) is 4.11. The smallest absolute Gasteiger partial charge is 0.306 e. The molecule has 0 saturated heterocycles. The van der Waals surface area contributed by atoms with Gasteiger partial charge in [0.25, 0.3) is 0 Å². The Labute approximate surface area is 80.0 Å². The van der Waals surface area contributed by atoms with Gasteiger partial charge in [-0.25, -0.2) is 0 Å². The predicted molar refractivity (Wildman–Crippen MR) is 52.3 cm³/mol. The molecule has 2 nitrogen and oxygen atoms in total. The fraction of sp³-hybridized carbons (Fsp3) is 0.727. The highest BCUT2D eigenvalue weighted by Crippen LogP contribution is 2.20. The lowest BCUT2D eigenvalue weighted by Gasteiger charge is -2.09. The Hall–Kier alpha value is -0.790. The van der Waals surface area contributed by atoms with Gasteiger partial charge >= 0.3 is 5.97 Å². The molecule has 0 aromatic heterocycles. The molecule has 0 saturated carbocycles. The largest absolute Gasteiger partial charge is 0.466 e. The van der Waals surface area contributed by atoms with Crippen LogP contribution >= 0.6 is 0 Å². The van der Waals surface area contributed by atoms with Gasteiger partial charge in [0.05, 0.1) is 13.0 Å². The second-order valence-electron chi connectivity index (χ2n) is 3.48. The Kier molecular flexibility index (Phi) is 4.58. The number of ether oxygens (including phenoxy) is 1. The average Bonchev–Trinajstić information content (AvgIpc) is 2.33. The van der Waals surface area contributed by atoms with Gasteiger partial charge in [-0.3, -0.25) is 4.79 Å². The van der Waals surface area contributed by atoms with E-state index in [1.807, 2.05) is 6.92 Å². The quantitative estimate of drug-likeness (QED) is 0.495. The molecular weight excluding hydrogens is 164 g/mol. The lowest BCUT2D eigenvalue weighted by atomic mass is 10.0. The van der Waals surface area contributed by atoms with E-state index in [9.17, 15) is 4.79 Å². The van der Waals surface area contributed by atoms with Crippen LogP contribution in [-0.4, -0.2) is 12.6 Å². The third-order valence-electron chi connectivity index (χ3n) is 2.34. The van der Waals surface area contributed by atoms with Crippen molar-refractivity contribution in [2.75, 3.05) is 6.61 Å². The molecule has 2 heteroatoms. The SMILES string of the molecule is CCOC(=O)CC1C=CCCCC1. The number of hydrogen-bond acceptors (Lipinski definition) is 2. The Morgan fingerprint density at radius 2 is 2.38 bits per heavy atom. The first-order chi connectivity index (χ1) is 6.33. The van der Waals surface area contributed by atoms with Crippen LogP contribution in [0.25, 0.3) is 0 Å². The van der Waals surface area contributed by atoms with Gasteiger partial charge in [0, 0.05) is 0 Å². The van der Waals surface area contributed by atoms with E-state index in [-0.39, 0.29) is 5.97 Å². The number of allylic oxidation sites excluding steroid dienone is 2. The molecule has 0 amide bonds. The lowest BCUT2D eigenvalue weighted by Crippen LogP contribution is -2.09. The monoisotopic (exact) mass is 182 g/mol. The number of hydrogen-bond donors (Lipinski definition) is 0. The molecular formula is C11H18O2. The standard InChI is InChI=1S/C11H18O2/c1-2-13-11(12)9-10-7-5-3-4-6-8-10/h5,7,10H,2-4,6,8-9H2,1H3. The van der Waals surface area contributed by atoms with E-state index in [4.69, 9.17) is 4.74 Å². The van der Waals surface area contributed by atoms with Crippen LogP contribution in [0.2, 0.25) is 0 Å². The van der Waals surface area contributed by atoms with Crippen LogP contribution in [0, 0.1) is 5.92 Å². The summed E-state index contributed by atoms with van der Waals surface area (Å²) in [5.41, 5.74) is 0. The van der Waals surface area contributed by atoms with E-state index in [0.29, 0.717) is 18.9 Å². The molecule has 0 aromatic carbocycles. The van der Waals surface area contributed by atoms with Crippen molar-refractivity contribution in [3.05, 3.63) is 12.2 Å². The zero-order chi connectivity index (χ0) is 9.52. The van der Waals surface area contributed by atoms with Gasteiger partial charge in [0.1, 0.15) is 0 Å². The summed E-state index contributed by atoms with van der Waals surface area (Å²) in [5.74, 6) is 0.362. The zero-order valence-corrected chi connectivity index (χ0v) is 8.29. The van der Waals surface area contributed by atoms with E-state index >= 15 is 0 Å². The first-order valence-corrected chi connectivity index (χ1v) is 5.15. The van der Waals surface area contributed by atoms with Crippen molar-refractivity contribution in [1.29, 1.82) is 0 Å². The summed E-state index contributed by atoms with van der Waals surface area (Å²) in [6.07, 6.45) is 9.71. The van der Waals surface area contributed by atoms with Crippen LogP contribution in [-0.2, 0) is 9.53 Å². The molecule has 1 rings (SSSR count). The molecule has 0 aromatic rings. The van der Waals surface area contributed by atoms with Gasteiger partial charge in [-0.1, -0.05) is 18.6 Å². The molecule has 0 N–H and O–H groups in total. The van der Waals surface area contributed by atoms with Crippen molar-refractivity contribution in [3.8, 4) is 0 Å². The van der Waals surface area contributed by atoms with Gasteiger partial charge in [-0.2, -0.15) is 0 Å². The lowest BCUT2D eigenvalue weighted by molar-refractivity contribution is -0.143. The van der Waals surface area contributed by atoms with Crippen LogP contribution in [0.5, 0.6) is 0 Å². The van der Waals surface area contributed by atoms with Crippen molar-refractivity contribution >= 4 is 5.97 Å². The fourth-order valence-electron chi connectivity index (χ4n) is 1.66. The molecule has 1 atom stereocenters. The normalized spacial score (nSPS) is 22.4. The van der Waals surface area contributed by atoms with Crippen molar-refractivity contribution in [3.63, 3.8) is 0 Å². The van der Waals surface area contributed by atoms with Crippen LogP contribution in [0.1, 0.15) is 39.0 Å². The fourth-order valence-corrected chi connectivity index (χ4v) is 1.66. The molecule has 0 aliphatic heterocycles. The highest BCUT2D eigenvalue weighted by Gasteiger charge is 2.12. The molecule has 0 spiro atoms. The summed E-state index contributed by atoms with van der Waals surface area (Å²) >= 11 is 0. The molecule has 0 radical (unpaired) electrons. The van der Waals surface area contributed by atoms with E-state index < -0.39 is 0 Å². The summed E-state index contributed by atoms with van der Waals surface area (Å²) < 4.78 is 4.91. The van der Waals surface area contributed by atoms with Gasteiger partial charge in [-0.05, 0) is 32.1 Å². The van der Waals surface area contributed by atoms with Crippen LogP contribution in [0.15, 0.2) is 12.2 Å². The summed E-state index contributed by atoms with van der Waals surface area (Å²) in [6, 6.07) is 0. The van der Waals surface area contributed by atoms with Crippen LogP contribution in [0.4, 0.5) is 0 Å². The van der Waals surface area contributed by atoms with Gasteiger partial charge in [0.2, 0.25) is 0 Å². The van der Waals surface area contributed by atoms with E-state index in [0.717, 1.165) is 6.42 Å². The van der Waals surface area contributed by atoms with Gasteiger partial charge in [-0.15, -0.1) is 0 Å². The average molecular weight is 182 g/mol. The molecule has 0 bridgehead atoms. The van der Waals surface area contributed by atoms with Crippen molar-refractivity contribution in [2.24, 2.45) is 5.92 Å². The minimum Gasteiger partial charge on any atom is -0.466 e. The molecule has 13 heavy (non-hydrogen) atoms. The van der Waals surface area contributed by atoms with E-state index in [1.54, 1.807) is 0 Å². The summed E-state index contributed by atoms with van der Waals surface area (Å²) in [6.45, 7) is 2.34. The van der Waals surface area contributed by atoms with Crippen molar-refractivity contribution in [1.82, 2.24) is 0 Å². The maximum atomic E-state index is 11.2. The first kappa shape index (κ1) is 10.3. The maximum Gasteiger partial charge on any atom is 0.306 e. The predicted octanol–water partition coefficient (Wildman–Crippen LogP) is 2.69. The van der Waals surface area contributed by atoms with Crippen molar-refractivity contribution in [2.45, 2.75) is 39.0 Å². The number of carbonyl (C=O) groups is 1. The van der Waals surface area contributed by atoms with E-state index in [1.165, 1.54) is 19.3 Å². The molecule has 1 aliphatic rings. The Morgan fingerprint density at radius 1 is 1.54 bits per heavy atom. The zero-order valence-electron chi connectivity index (χ0n) is 8.29. The number of rotatable bonds is 3. The Morgan fingerprint density at radius 3 is 3.15 bits per heavy atom. The molecule has 1 unspecified atom stereocenters. The highest BCUT2D eigenvalue weighted by molar-refractivity contribution is 5.69. The van der Waals surface area contributed by atoms with E-state index in [2.05, 4.69) is 12.2 Å². The summed E-state index contributed by atoms with van der Waals surface area (Å²) in [5, 5.41) is 0. The first-order valence-electron chi connectivity index (χ1n) is 5.15. The minimum atomic E-state index is -0.0564. The van der Waals surface area contributed by atoms with Crippen LogP contribution in [0.3, 0.4) is 0 Å². The molecule has 1 aliphatic carbocycles. The third-order valence-corrected chi connectivity index (χ3v) is 2.34. The second kappa shape index (κ2) is 5.79. The minimum absolute atomic E-state index is 0.0564.